The molecule has 0 heterocycles. The molecule has 0 saturated carbocycles. The molecule has 6 heteroatoms. The monoisotopic (exact) mass is 314 g/mol. The third kappa shape index (κ3) is 4.23. The number of aromatic hydroxyl groups is 1. The fourth-order valence-electron chi connectivity index (χ4n) is 1.94. The fraction of sp³-hybridized carbons (Fsp3) is 0.176. The van der Waals surface area contributed by atoms with Crippen LogP contribution in [0.4, 0.5) is 0 Å². The molecule has 0 bridgehead atoms. The van der Waals surface area contributed by atoms with Gasteiger partial charge in [0.05, 0.1) is 20.4 Å². The molecule has 0 aromatic heterocycles. The van der Waals surface area contributed by atoms with Crippen LogP contribution in [-0.2, 0) is 0 Å². The van der Waals surface area contributed by atoms with Crippen LogP contribution in [0.1, 0.15) is 21.5 Å². The number of ether oxygens (including phenoxy) is 2. The van der Waals surface area contributed by atoms with Gasteiger partial charge in [-0.25, -0.2) is 5.43 Å². The Hall–Kier alpha value is -3.02. The molecule has 0 atom stereocenters. The van der Waals surface area contributed by atoms with E-state index in [2.05, 4.69) is 10.5 Å². The van der Waals surface area contributed by atoms with Crippen molar-refractivity contribution < 1.29 is 19.4 Å². The van der Waals surface area contributed by atoms with E-state index >= 15 is 0 Å². The second kappa shape index (κ2) is 7.31. The first kappa shape index (κ1) is 16.4. The van der Waals surface area contributed by atoms with Crippen molar-refractivity contribution in [3.8, 4) is 17.2 Å². The molecule has 6 nitrogen and oxygen atoms in total. The van der Waals surface area contributed by atoms with Crippen LogP contribution < -0.4 is 14.9 Å². The number of phenolic OH excluding ortho intramolecular Hbond substituents is 1. The zero-order valence-corrected chi connectivity index (χ0v) is 13.2. The number of methoxy groups -OCH3 is 2. The molecule has 0 aliphatic rings. The summed E-state index contributed by atoms with van der Waals surface area (Å²) in [6.07, 6.45) is 1.39. The Bertz CT molecular complexity index is 719. The molecule has 0 spiro atoms. The summed E-state index contributed by atoms with van der Waals surface area (Å²) in [4.78, 5) is 12.1. The van der Waals surface area contributed by atoms with Crippen LogP contribution in [0.3, 0.4) is 0 Å². The summed E-state index contributed by atoms with van der Waals surface area (Å²) >= 11 is 0. The first-order valence-electron chi connectivity index (χ1n) is 6.89. The van der Waals surface area contributed by atoms with Gasteiger partial charge in [-0.1, -0.05) is 11.6 Å². The second-order valence-corrected chi connectivity index (χ2v) is 4.86. The molecule has 0 fully saturated rings. The largest absolute Gasteiger partial charge is 0.507 e. The average molecular weight is 314 g/mol. The minimum atomic E-state index is -0.411. The minimum Gasteiger partial charge on any atom is -0.507 e. The van der Waals surface area contributed by atoms with E-state index < -0.39 is 5.91 Å². The molecule has 23 heavy (non-hydrogen) atoms. The van der Waals surface area contributed by atoms with Gasteiger partial charge < -0.3 is 14.6 Å². The van der Waals surface area contributed by atoms with E-state index in [4.69, 9.17) is 9.47 Å². The molecule has 0 saturated heterocycles. The number of rotatable bonds is 5. The van der Waals surface area contributed by atoms with Crippen molar-refractivity contribution in [1.82, 2.24) is 5.43 Å². The van der Waals surface area contributed by atoms with E-state index in [9.17, 15) is 9.90 Å². The van der Waals surface area contributed by atoms with E-state index in [1.54, 1.807) is 36.4 Å². The van der Waals surface area contributed by atoms with Crippen LogP contribution in [0, 0.1) is 6.92 Å². The Morgan fingerprint density at radius 2 is 1.78 bits per heavy atom. The van der Waals surface area contributed by atoms with E-state index in [-0.39, 0.29) is 5.75 Å². The Morgan fingerprint density at radius 3 is 2.39 bits per heavy atom. The topological polar surface area (TPSA) is 80.2 Å². The highest BCUT2D eigenvalue weighted by atomic mass is 16.5. The highest BCUT2D eigenvalue weighted by Gasteiger charge is 2.09. The molecule has 2 N–H and O–H groups in total. The second-order valence-electron chi connectivity index (χ2n) is 4.86. The van der Waals surface area contributed by atoms with Crippen molar-refractivity contribution in [2.75, 3.05) is 14.2 Å². The van der Waals surface area contributed by atoms with Crippen LogP contribution >= 0.6 is 0 Å². The number of phenols is 1. The molecular weight excluding hydrogens is 296 g/mol. The number of nitrogens with one attached hydrogen (secondary N) is 1. The average Bonchev–Trinajstić information content (AvgIpc) is 2.57. The van der Waals surface area contributed by atoms with Crippen molar-refractivity contribution in [2.45, 2.75) is 6.92 Å². The smallest absolute Gasteiger partial charge is 0.271 e. The van der Waals surface area contributed by atoms with E-state index in [0.717, 1.165) is 5.56 Å². The predicted octanol–water partition coefficient (Wildman–Crippen LogP) is 2.48. The molecule has 120 valence electrons. The summed E-state index contributed by atoms with van der Waals surface area (Å²) in [6, 6.07) is 9.96. The maximum atomic E-state index is 12.1. The molecule has 1 amide bonds. The lowest BCUT2D eigenvalue weighted by Crippen LogP contribution is -2.17. The van der Waals surface area contributed by atoms with Gasteiger partial charge in [0.25, 0.3) is 5.91 Å². The lowest BCUT2D eigenvalue weighted by Gasteiger charge is -2.07. The van der Waals surface area contributed by atoms with Gasteiger partial charge in [-0.2, -0.15) is 5.10 Å². The summed E-state index contributed by atoms with van der Waals surface area (Å²) in [6.45, 7) is 1.90. The lowest BCUT2D eigenvalue weighted by atomic mass is 10.1. The molecule has 2 aromatic rings. The normalized spacial score (nSPS) is 10.6. The number of hydrogen-bond acceptors (Lipinski definition) is 5. The standard InChI is InChI=1S/C17H18N2O4/c1-11-4-5-16(20)13(6-11)10-18-19-17(21)12-7-14(22-2)9-15(8-12)23-3/h4-10,20H,1-3H3,(H,19,21)/b18-10-. The first-order chi connectivity index (χ1) is 11.0. The lowest BCUT2D eigenvalue weighted by molar-refractivity contribution is 0.0954. The van der Waals surface area contributed by atoms with Gasteiger partial charge in [-0.15, -0.1) is 0 Å². The molecule has 0 aliphatic heterocycles. The predicted molar refractivity (Wildman–Crippen MR) is 87.5 cm³/mol. The molecule has 2 rings (SSSR count). The van der Waals surface area contributed by atoms with Gasteiger partial charge in [-0.3, -0.25) is 4.79 Å². The third-order valence-electron chi connectivity index (χ3n) is 3.17. The SMILES string of the molecule is COc1cc(OC)cc(C(=O)N/N=C\c2cc(C)ccc2O)c1. The van der Waals surface area contributed by atoms with Crippen molar-refractivity contribution in [1.29, 1.82) is 0 Å². The van der Waals surface area contributed by atoms with Gasteiger partial charge >= 0.3 is 0 Å². The van der Waals surface area contributed by atoms with Gasteiger partial charge in [0.15, 0.2) is 0 Å². The fourth-order valence-corrected chi connectivity index (χ4v) is 1.94. The quantitative estimate of drug-likeness (QED) is 0.656. The summed E-state index contributed by atoms with van der Waals surface area (Å²) in [5, 5.41) is 13.6. The van der Waals surface area contributed by atoms with Crippen LogP contribution in [-0.4, -0.2) is 31.4 Å². The number of hydrazone groups is 1. The van der Waals surface area contributed by atoms with E-state index in [1.165, 1.54) is 20.4 Å². The maximum Gasteiger partial charge on any atom is 0.271 e. The summed E-state index contributed by atoms with van der Waals surface area (Å²) < 4.78 is 10.2. The van der Waals surface area contributed by atoms with Crippen molar-refractivity contribution in [3.05, 3.63) is 53.1 Å². The number of carbonyl (C=O) groups excluding carboxylic acids is 1. The Morgan fingerprint density at radius 1 is 1.13 bits per heavy atom. The number of hydrogen-bond donors (Lipinski definition) is 2. The Balaban J connectivity index is 2.13. The Labute approximate surface area is 134 Å². The molecule has 0 aliphatic carbocycles. The highest BCUT2D eigenvalue weighted by molar-refractivity contribution is 5.96. The number of benzene rings is 2. The zero-order chi connectivity index (χ0) is 16.8. The zero-order valence-electron chi connectivity index (χ0n) is 13.2. The summed E-state index contributed by atoms with van der Waals surface area (Å²) in [5.41, 5.74) is 4.26. The molecule has 0 unspecified atom stereocenters. The maximum absolute atomic E-state index is 12.1. The number of amides is 1. The molecular formula is C17H18N2O4. The van der Waals surface area contributed by atoms with Gasteiger partial charge in [0.2, 0.25) is 0 Å². The van der Waals surface area contributed by atoms with Crippen LogP contribution in [0.2, 0.25) is 0 Å². The number of carbonyl (C=O) groups is 1. The van der Waals surface area contributed by atoms with Crippen molar-refractivity contribution >= 4 is 12.1 Å². The first-order valence-corrected chi connectivity index (χ1v) is 6.89. The summed E-state index contributed by atoms with van der Waals surface area (Å²) in [5.74, 6) is 0.701. The van der Waals surface area contributed by atoms with Crippen LogP contribution in [0.25, 0.3) is 0 Å². The minimum absolute atomic E-state index is 0.0941. The number of aryl methyl sites for hydroxylation is 1. The van der Waals surface area contributed by atoms with Crippen LogP contribution in [0.15, 0.2) is 41.5 Å². The van der Waals surface area contributed by atoms with Crippen LogP contribution in [0.5, 0.6) is 17.2 Å². The molecule has 0 radical (unpaired) electrons. The van der Waals surface area contributed by atoms with Crippen molar-refractivity contribution in [3.63, 3.8) is 0 Å². The van der Waals surface area contributed by atoms with E-state index in [0.29, 0.717) is 22.6 Å². The van der Waals surface area contributed by atoms with Gasteiger partial charge in [0.1, 0.15) is 17.2 Å². The molecule has 2 aromatic carbocycles. The Kier molecular flexibility index (Phi) is 5.19. The number of nitrogens with zero attached hydrogens (tertiary/aromatic N) is 1. The van der Waals surface area contributed by atoms with Gasteiger partial charge in [-0.05, 0) is 31.2 Å². The van der Waals surface area contributed by atoms with Gasteiger partial charge in [0, 0.05) is 17.2 Å². The van der Waals surface area contributed by atoms with E-state index in [1.807, 2.05) is 6.92 Å². The summed E-state index contributed by atoms with van der Waals surface area (Å²) in [7, 11) is 3.02. The van der Waals surface area contributed by atoms with Crippen molar-refractivity contribution in [2.24, 2.45) is 5.10 Å². The highest BCUT2D eigenvalue weighted by Crippen LogP contribution is 2.22. The third-order valence-corrected chi connectivity index (χ3v) is 3.17.